The number of carbonyl (C=O) groups is 2. The molecule has 0 radical (unpaired) electrons. The first kappa shape index (κ1) is 17.0. The van der Waals surface area contributed by atoms with E-state index in [0.717, 1.165) is 18.4 Å². The molecular formula is C16H23NO4. The molecule has 0 fully saturated rings. The van der Waals surface area contributed by atoms with Crippen LogP contribution in [0.4, 0.5) is 0 Å². The highest BCUT2D eigenvalue weighted by Crippen LogP contribution is 2.24. The summed E-state index contributed by atoms with van der Waals surface area (Å²) in [6.07, 6.45) is 2.46. The molecule has 0 saturated carbocycles. The minimum atomic E-state index is -0.0172. The molecule has 1 aromatic rings. The van der Waals surface area contributed by atoms with E-state index in [1.165, 1.54) is 0 Å². The van der Waals surface area contributed by atoms with Crippen molar-refractivity contribution in [3.8, 4) is 11.5 Å². The minimum absolute atomic E-state index is 0.0172. The van der Waals surface area contributed by atoms with Crippen LogP contribution in [0.5, 0.6) is 11.5 Å². The van der Waals surface area contributed by atoms with Crippen molar-refractivity contribution in [2.75, 3.05) is 14.2 Å². The average Bonchev–Trinajstić information content (AvgIpc) is 2.49. The summed E-state index contributed by atoms with van der Waals surface area (Å²) >= 11 is 0. The number of hydrogen-bond acceptors (Lipinski definition) is 4. The van der Waals surface area contributed by atoms with Gasteiger partial charge in [0.05, 0.1) is 14.2 Å². The van der Waals surface area contributed by atoms with Gasteiger partial charge in [0, 0.05) is 31.0 Å². The van der Waals surface area contributed by atoms with E-state index in [1.54, 1.807) is 27.2 Å². The van der Waals surface area contributed by atoms with Gasteiger partial charge in [-0.05, 0) is 31.9 Å². The number of benzene rings is 1. The fourth-order valence-corrected chi connectivity index (χ4v) is 1.94. The van der Waals surface area contributed by atoms with Gasteiger partial charge in [-0.15, -0.1) is 0 Å². The van der Waals surface area contributed by atoms with Crippen molar-refractivity contribution in [3.63, 3.8) is 0 Å². The molecule has 0 aliphatic rings. The summed E-state index contributed by atoms with van der Waals surface area (Å²) in [6.45, 7) is 1.98. The summed E-state index contributed by atoms with van der Waals surface area (Å²) in [5.41, 5.74) is 0.899. The average molecular weight is 293 g/mol. The fraction of sp³-hybridized carbons (Fsp3) is 0.500. The predicted octanol–water partition coefficient (Wildman–Crippen LogP) is 2.47. The van der Waals surface area contributed by atoms with Crippen LogP contribution < -0.4 is 14.8 Å². The highest BCUT2D eigenvalue weighted by Gasteiger charge is 2.07. The van der Waals surface area contributed by atoms with Crippen LogP contribution in [-0.2, 0) is 16.1 Å². The van der Waals surface area contributed by atoms with Crippen LogP contribution in [0.2, 0.25) is 0 Å². The first-order valence-electron chi connectivity index (χ1n) is 7.04. The smallest absolute Gasteiger partial charge is 0.220 e. The molecule has 0 aliphatic heterocycles. The minimum Gasteiger partial charge on any atom is -0.497 e. The van der Waals surface area contributed by atoms with Gasteiger partial charge in [-0.1, -0.05) is 0 Å². The Morgan fingerprint density at radius 2 is 1.81 bits per heavy atom. The van der Waals surface area contributed by atoms with Gasteiger partial charge in [0.15, 0.2) is 0 Å². The number of methoxy groups -OCH3 is 2. The van der Waals surface area contributed by atoms with E-state index in [2.05, 4.69) is 5.32 Å². The van der Waals surface area contributed by atoms with Crippen molar-refractivity contribution < 1.29 is 19.1 Å². The zero-order valence-electron chi connectivity index (χ0n) is 12.9. The van der Waals surface area contributed by atoms with Crippen LogP contribution in [0.25, 0.3) is 0 Å². The Bertz CT molecular complexity index is 485. The number of amides is 1. The number of carbonyl (C=O) groups excluding carboxylic acids is 2. The SMILES string of the molecule is COc1ccc(CNC(=O)CCCCC(C)=O)c(OC)c1. The number of Topliss-reactive ketones (excluding diaryl/α,β-unsaturated/α-hetero) is 1. The van der Waals surface area contributed by atoms with E-state index >= 15 is 0 Å². The number of ether oxygens (including phenoxy) is 2. The van der Waals surface area contributed by atoms with Crippen LogP contribution in [0, 0.1) is 0 Å². The Morgan fingerprint density at radius 3 is 2.43 bits per heavy atom. The molecule has 0 saturated heterocycles. The van der Waals surface area contributed by atoms with Crippen molar-refractivity contribution in [1.29, 1.82) is 0 Å². The molecule has 1 N–H and O–H groups in total. The highest BCUT2D eigenvalue weighted by molar-refractivity contribution is 5.76. The Hall–Kier alpha value is -2.04. The second-order valence-electron chi connectivity index (χ2n) is 4.86. The van der Waals surface area contributed by atoms with Crippen molar-refractivity contribution in [1.82, 2.24) is 5.32 Å². The molecule has 21 heavy (non-hydrogen) atoms. The number of ketones is 1. The van der Waals surface area contributed by atoms with Crippen LogP contribution in [0.1, 0.15) is 38.2 Å². The van der Waals surface area contributed by atoms with E-state index in [9.17, 15) is 9.59 Å². The molecule has 0 bridgehead atoms. The second-order valence-corrected chi connectivity index (χ2v) is 4.86. The summed E-state index contributed by atoms with van der Waals surface area (Å²) in [5, 5.41) is 2.85. The van der Waals surface area contributed by atoms with Gasteiger partial charge in [-0.2, -0.15) is 0 Å². The molecule has 0 aliphatic carbocycles. The third-order valence-corrected chi connectivity index (χ3v) is 3.15. The van der Waals surface area contributed by atoms with Crippen molar-refractivity contribution in [2.24, 2.45) is 0 Å². The molecule has 116 valence electrons. The van der Waals surface area contributed by atoms with Crippen LogP contribution in [0.3, 0.4) is 0 Å². The topological polar surface area (TPSA) is 64.6 Å². The molecular weight excluding hydrogens is 270 g/mol. The Morgan fingerprint density at radius 1 is 1.10 bits per heavy atom. The van der Waals surface area contributed by atoms with Gasteiger partial charge in [-0.3, -0.25) is 4.79 Å². The zero-order valence-corrected chi connectivity index (χ0v) is 12.9. The van der Waals surface area contributed by atoms with Crippen molar-refractivity contribution in [3.05, 3.63) is 23.8 Å². The molecule has 1 aromatic carbocycles. The maximum atomic E-state index is 11.7. The molecule has 0 atom stereocenters. The maximum Gasteiger partial charge on any atom is 0.220 e. The molecule has 5 nitrogen and oxygen atoms in total. The standard InChI is InChI=1S/C16H23NO4/c1-12(18)6-4-5-7-16(19)17-11-13-8-9-14(20-2)10-15(13)21-3/h8-10H,4-7,11H2,1-3H3,(H,17,19). The predicted molar refractivity (Wildman–Crippen MR) is 80.5 cm³/mol. The van der Waals surface area contributed by atoms with Gasteiger partial charge < -0.3 is 19.6 Å². The Balaban J connectivity index is 2.40. The number of hydrogen-bond donors (Lipinski definition) is 1. The lowest BCUT2D eigenvalue weighted by Gasteiger charge is -2.11. The number of nitrogens with one attached hydrogen (secondary N) is 1. The second kappa shape index (κ2) is 9.00. The van der Waals surface area contributed by atoms with E-state index in [4.69, 9.17) is 9.47 Å². The molecule has 0 unspecified atom stereocenters. The Kier molecular flexibility index (Phi) is 7.29. The normalized spacial score (nSPS) is 10.0. The highest BCUT2D eigenvalue weighted by atomic mass is 16.5. The first-order chi connectivity index (χ1) is 10.1. The van der Waals surface area contributed by atoms with Gasteiger partial charge in [0.25, 0.3) is 0 Å². The van der Waals surface area contributed by atoms with E-state index in [1.807, 2.05) is 12.1 Å². The molecule has 1 amide bonds. The van der Waals surface area contributed by atoms with Crippen LogP contribution in [0.15, 0.2) is 18.2 Å². The van der Waals surface area contributed by atoms with Crippen LogP contribution in [-0.4, -0.2) is 25.9 Å². The van der Waals surface area contributed by atoms with Gasteiger partial charge >= 0.3 is 0 Å². The quantitative estimate of drug-likeness (QED) is 0.710. The lowest BCUT2D eigenvalue weighted by atomic mass is 10.1. The molecule has 1 rings (SSSR count). The first-order valence-corrected chi connectivity index (χ1v) is 7.04. The Labute approximate surface area is 125 Å². The largest absolute Gasteiger partial charge is 0.497 e. The summed E-state index contributed by atoms with van der Waals surface area (Å²) in [6, 6.07) is 5.49. The third kappa shape index (κ3) is 6.29. The molecule has 0 heterocycles. The van der Waals surface area contributed by atoms with E-state index < -0.39 is 0 Å². The van der Waals surface area contributed by atoms with Crippen molar-refractivity contribution in [2.45, 2.75) is 39.2 Å². The van der Waals surface area contributed by atoms with E-state index in [0.29, 0.717) is 30.9 Å². The lowest BCUT2D eigenvalue weighted by molar-refractivity contribution is -0.122. The summed E-state index contributed by atoms with van der Waals surface area (Å²) in [7, 11) is 3.18. The lowest BCUT2D eigenvalue weighted by Crippen LogP contribution is -2.22. The molecule has 0 spiro atoms. The maximum absolute atomic E-state index is 11.7. The monoisotopic (exact) mass is 293 g/mol. The van der Waals surface area contributed by atoms with E-state index in [-0.39, 0.29) is 11.7 Å². The number of rotatable bonds is 9. The molecule has 0 aromatic heterocycles. The van der Waals surface area contributed by atoms with Crippen molar-refractivity contribution >= 4 is 11.7 Å². The summed E-state index contributed by atoms with van der Waals surface area (Å²) in [5.74, 6) is 1.55. The summed E-state index contributed by atoms with van der Waals surface area (Å²) < 4.78 is 10.4. The number of unbranched alkanes of at least 4 members (excludes halogenated alkanes) is 1. The fourth-order valence-electron chi connectivity index (χ4n) is 1.94. The van der Waals surface area contributed by atoms with Gasteiger partial charge in [0.2, 0.25) is 5.91 Å². The third-order valence-electron chi connectivity index (χ3n) is 3.15. The molecule has 5 heteroatoms. The summed E-state index contributed by atoms with van der Waals surface area (Å²) in [4.78, 5) is 22.5. The van der Waals surface area contributed by atoms with Gasteiger partial charge in [0.1, 0.15) is 17.3 Å². The van der Waals surface area contributed by atoms with Crippen LogP contribution >= 0.6 is 0 Å². The zero-order chi connectivity index (χ0) is 15.7. The van der Waals surface area contributed by atoms with Gasteiger partial charge in [-0.25, -0.2) is 0 Å².